The normalized spacial score (nSPS) is 11.3. The fourth-order valence-corrected chi connectivity index (χ4v) is 3.55. The minimum Gasteiger partial charge on any atom is -0.493 e. The van der Waals surface area contributed by atoms with Crippen molar-refractivity contribution in [1.29, 1.82) is 5.26 Å². The van der Waals surface area contributed by atoms with Crippen molar-refractivity contribution in [2.45, 2.75) is 0 Å². The van der Waals surface area contributed by atoms with Crippen molar-refractivity contribution in [3.05, 3.63) is 52.0 Å². The first-order valence-electron chi connectivity index (χ1n) is 7.05. The smallest absolute Gasteiger partial charge is 0.179 e. The number of nitrogens with zero attached hydrogens (tertiary/aromatic N) is 2. The molecule has 0 aliphatic rings. The average Bonchev–Trinajstić information content (AvgIpc) is 3.02. The molecule has 0 N–H and O–H groups in total. The lowest BCUT2D eigenvalue weighted by atomic mass is 10.1. The van der Waals surface area contributed by atoms with E-state index in [1.807, 2.05) is 24.3 Å². The van der Waals surface area contributed by atoms with Gasteiger partial charge in [0.05, 0.1) is 35.0 Å². The summed E-state index contributed by atoms with van der Waals surface area (Å²) in [6.07, 6.45) is 1.74. The van der Waals surface area contributed by atoms with E-state index < -0.39 is 0 Å². The van der Waals surface area contributed by atoms with Crippen LogP contribution < -0.4 is 9.47 Å². The summed E-state index contributed by atoms with van der Waals surface area (Å²) in [5, 5.41) is 10.6. The Labute approximate surface area is 148 Å². The van der Waals surface area contributed by atoms with Crippen LogP contribution in [0, 0.1) is 11.3 Å². The fraction of sp³-hybridized carbons (Fsp3) is 0.111. The highest BCUT2D eigenvalue weighted by atomic mass is 35.5. The SMILES string of the molecule is COc1cc(/C=C(/C#N)c2nc3ccccc3s2)cc(Cl)c1OC. The maximum Gasteiger partial charge on any atom is 0.179 e. The molecule has 0 radical (unpaired) electrons. The molecule has 24 heavy (non-hydrogen) atoms. The molecule has 0 saturated heterocycles. The Balaban J connectivity index is 2.08. The zero-order chi connectivity index (χ0) is 17.1. The third-order valence-corrected chi connectivity index (χ3v) is 4.76. The van der Waals surface area contributed by atoms with Gasteiger partial charge in [0.2, 0.25) is 0 Å². The van der Waals surface area contributed by atoms with Crippen LogP contribution >= 0.6 is 22.9 Å². The molecule has 0 bridgehead atoms. The van der Waals surface area contributed by atoms with Gasteiger partial charge in [0.15, 0.2) is 11.5 Å². The number of hydrogen-bond donors (Lipinski definition) is 0. The highest BCUT2D eigenvalue weighted by molar-refractivity contribution is 7.19. The van der Waals surface area contributed by atoms with Crippen LogP contribution in [0.25, 0.3) is 21.9 Å². The summed E-state index contributed by atoms with van der Waals surface area (Å²) in [5.41, 5.74) is 2.09. The molecule has 3 aromatic rings. The average molecular weight is 357 g/mol. The summed E-state index contributed by atoms with van der Waals surface area (Å²) in [5.74, 6) is 0.979. The second-order valence-corrected chi connectivity index (χ2v) is 6.33. The number of halogens is 1. The highest BCUT2D eigenvalue weighted by Gasteiger charge is 2.12. The van der Waals surface area contributed by atoms with E-state index in [2.05, 4.69) is 11.1 Å². The van der Waals surface area contributed by atoms with Gasteiger partial charge in [0.25, 0.3) is 0 Å². The number of allylic oxidation sites excluding steroid dienone is 1. The molecule has 0 amide bonds. The van der Waals surface area contributed by atoms with Gasteiger partial charge in [-0.15, -0.1) is 11.3 Å². The van der Waals surface area contributed by atoms with Gasteiger partial charge in [-0.1, -0.05) is 23.7 Å². The third-order valence-electron chi connectivity index (χ3n) is 3.41. The van der Waals surface area contributed by atoms with E-state index in [0.717, 1.165) is 15.8 Å². The van der Waals surface area contributed by atoms with Crippen LogP contribution in [0.3, 0.4) is 0 Å². The number of nitriles is 1. The van der Waals surface area contributed by atoms with Crippen LogP contribution in [-0.4, -0.2) is 19.2 Å². The Hall–Kier alpha value is -2.55. The van der Waals surface area contributed by atoms with E-state index in [1.54, 1.807) is 25.3 Å². The molecule has 0 fully saturated rings. The Bertz CT molecular complexity index is 940. The third kappa shape index (κ3) is 3.07. The number of thiazole rings is 1. The molecular formula is C18H13ClN2O2S. The largest absolute Gasteiger partial charge is 0.493 e. The highest BCUT2D eigenvalue weighted by Crippen LogP contribution is 2.37. The first-order chi connectivity index (χ1) is 11.7. The lowest BCUT2D eigenvalue weighted by molar-refractivity contribution is 0.355. The van der Waals surface area contributed by atoms with Gasteiger partial charge in [-0.3, -0.25) is 0 Å². The van der Waals surface area contributed by atoms with E-state index in [9.17, 15) is 5.26 Å². The molecule has 3 rings (SSSR count). The van der Waals surface area contributed by atoms with E-state index in [0.29, 0.717) is 27.1 Å². The first-order valence-corrected chi connectivity index (χ1v) is 8.25. The zero-order valence-corrected chi connectivity index (χ0v) is 14.6. The number of aromatic nitrogens is 1. The second kappa shape index (κ2) is 6.91. The van der Waals surface area contributed by atoms with Crippen molar-refractivity contribution in [3.8, 4) is 17.6 Å². The second-order valence-electron chi connectivity index (χ2n) is 4.89. The van der Waals surface area contributed by atoms with Crippen LogP contribution in [0.15, 0.2) is 36.4 Å². The van der Waals surface area contributed by atoms with Gasteiger partial charge < -0.3 is 9.47 Å². The maximum absolute atomic E-state index is 9.52. The number of ether oxygens (including phenoxy) is 2. The van der Waals surface area contributed by atoms with E-state index in [4.69, 9.17) is 21.1 Å². The van der Waals surface area contributed by atoms with Gasteiger partial charge in [0, 0.05) is 0 Å². The summed E-state index contributed by atoms with van der Waals surface area (Å²) in [4.78, 5) is 4.52. The first kappa shape index (κ1) is 16.3. The molecule has 1 heterocycles. The van der Waals surface area contributed by atoms with Gasteiger partial charge in [-0.05, 0) is 35.9 Å². The minimum absolute atomic E-state index is 0.421. The molecule has 4 nitrogen and oxygen atoms in total. The molecular weight excluding hydrogens is 344 g/mol. The quantitative estimate of drug-likeness (QED) is 0.615. The standard InChI is InChI=1S/C18H13ClN2O2S/c1-22-15-9-11(8-13(19)17(15)23-2)7-12(10-20)18-21-14-5-3-4-6-16(14)24-18/h3-9H,1-2H3/b12-7-. The molecule has 0 atom stereocenters. The van der Waals surface area contributed by atoms with Crippen molar-refractivity contribution in [2.24, 2.45) is 0 Å². The summed E-state index contributed by atoms with van der Waals surface area (Å²) >= 11 is 7.70. The van der Waals surface area contributed by atoms with Crippen LogP contribution in [0.4, 0.5) is 0 Å². The molecule has 0 spiro atoms. The fourth-order valence-electron chi connectivity index (χ4n) is 2.32. The minimum atomic E-state index is 0.421. The van der Waals surface area contributed by atoms with E-state index in [1.165, 1.54) is 18.4 Å². The predicted octanol–water partition coefficient (Wildman–Crippen LogP) is 5.03. The van der Waals surface area contributed by atoms with Crippen molar-refractivity contribution >= 4 is 44.8 Å². The summed E-state index contributed by atoms with van der Waals surface area (Å²) in [6, 6.07) is 13.5. The Morgan fingerprint density at radius 2 is 2.04 bits per heavy atom. The number of methoxy groups -OCH3 is 2. The molecule has 0 aliphatic heterocycles. The van der Waals surface area contributed by atoms with Gasteiger partial charge in [-0.2, -0.15) is 5.26 Å². The number of rotatable bonds is 4. The molecule has 0 saturated carbocycles. The Kier molecular flexibility index (Phi) is 4.70. The number of benzene rings is 2. The van der Waals surface area contributed by atoms with Gasteiger partial charge >= 0.3 is 0 Å². The number of hydrogen-bond acceptors (Lipinski definition) is 5. The number of para-hydroxylation sites is 1. The van der Waals surface area contributed by atoms with Crippen molar-refractivity contribution in [2.75, 3.05) is 14.2 Å². The molecule has 0 aliphatic carbocycles. The molecule has 1 aromatic heterocycles. The van der Waals surface area contributed by atoms with Crippen molar-refractivity contribution in [3.63, 3.8) is 0 Å². The van der Waals surface area contributed by atoms with Crippen LogP contribution in [0.5, 0.6) is 11.5 Å². The van der Waals surface area contributed by atoms with Crippen LogP contribution in [0.1, 0.15) is 10.6 Å². The van der Waals surface area contributed by atoms with Crippen molar-refractivity contribution in [1.82, 2.24) is 4.98 Å². The number of fused-ring (bicyclic) bond motifs is 1. The zero-order valence-electron chi connectivity index (χ0n) is 13.0. The lowest BCUT2D eigenvalue weighted by Crippen LogP contribution is -1.92. The summed E-state index contributed by atoms with van der Waals surface area (Å²) < 4.78 is 11.6. The predicted molar refractivity (Wildman–Crippen MR) is 97.7 cm³/mol. The molecule has 6 heteroatoms. The van der Waals surface area contributed by atoms with Crippen molar-refractivity contribution < 1.29 is 9.47 Å². The molecule has 0 unspecified atom stereocenters. The van der Waals surface area contributed by atoms with Gasteiger partial charge in [0.1, 0.15) is 11.1 Å². The lowest BCUT2D eigenvalue weighted by Gasteiger charge is -2.10. The molecule has 120 valence electrons. The van der Waals surface area contributed by atoms with Crippen LogP contribution in [-0.2, 0) is 0 Å². The van der Waals surface area contributed by atoms with E-state index in [-0.39, 0.29) is 0 Å². The Morgan fingerprint density at radius 3 is 2.71 bits per heavy atom. The van der Waals surface area contributed by atoms with E-state index >= 15 is 0 Å². The van der Waals surface area contributed by atoms with Crippen LogP contribution in [0.2, 0.25) is 5.02 Å². The van der Waals surface area contributed by atoms with Gasteiger partial charge in [-0.25, -0.2) is 4.98 Å². The topological polar surface area (TPSA) is 55.1 Å². The summed E-state index contributed by atoms with van der Waals surface area (Å²) in [7, 11) is 3.07. The molecule has 2 aromatic carbocycles. The monoisotopic (exact) mass is 356 g/mol. The summed E-state index contributed by atoms with van der Waals surface area (Å²) in [6.45, 7) is 0. The Morgan fingerprint density at radius 1 is 1.25 bits per heavy atom. The maximum atomic E-state index is 9.52.